The maximum absolute atomic E-state index is 12.9. The van der Waals surface area contributed by atoms with Gasteiger partial charge >= 0.3 is 5.97 Å². The van der Waals surface area contributed by atoms with E-state index in [1.54, 1.807) is 36.4 Å². The molecule has 2 aromatic carbocycles. The van der Waals surface area contributed by atoms with Gasteiger partial charge in [0.25, 0.3) is 5.91 Å². The Morgan fingerprint density at radius 3 is 2.43 bits per heavy atom. The molecule has 0 saturated carbocycles. The molecule has 0 aliphatic heterocycles. The Balaban J connectivity index is 1.93. The van der Waals surface area contributed by atoms with E-state index in [1.807, 2.05) is 31.2 Å². The fraction of sp³-hybridized carbons (Fsp3) is 0.174. The first-order valence-electron chi connectivity index (χ1n) is 9.28. The summed E-state index contributed by atoms with van der Waals surface area (Å²) in [6, 6.07) is 16.9. The van der Waals surface area contributed by atoms with Crippen molar-refractivity contribution in [2.75, 3.05) is 7.11 Å². The van der Waals surface area contributed by atoms with Gasteiger partial charge in [-0.1, -0.05) is 48.0 Å². The minimum atomic E-state index is -1.01. The van der Waals surface area contributed by atoms with Crippen LogP contribution in [0.15, 0.2) is 60.7 Å². The highest BCUT2D eigenvalue weighted by molar-refractivity contribution is 6.30. The van der Waals surface area contributed by atoms with Crippen LogP contribution in [0.1, 0.15) is 34.1 Å². The van der Waals surface area contributed by atoms with Gasteiger partial charge in [-0.2, -0.15) is 0 Å². The summed E-state index contributed by atoms with van der Waals surface area (Å²) in [6.07, 6.45) is -0.239. The van der Waals surface area contributed by atoms with Crippen LogP contribution in [0.5, 0.6) is 5.75 Å². The lowest BCUT2D eigenvalue weighted by molar-refractivity contribution is -0.137. The molecule has 3 aromatic rings. The molecule has 0 aliphatic rings. The molecule has 7 heteroatoms. The van der Waals surface area contributed by atoms with Gasteiger partial charge in [0.2, 0.25) is 0 Å². The molecule has 0 saturated heterocycles. The summed E-state index contributed by atoms with van der Waals surface area (Å²) in [5.41, 5.74) is 3.04. The van der Waals surface area contributed by atoms with Crippen LogP contribution in [0.4, 0.5) is 0 Å². The molecule has 1 amide bonds. The lowest BCUT2D eigenvalue weighted by atomic mass is 9.98. The smallest absolute Gasteiger partial charge is 0.305 e. The number of halogens is 1. The number of aryl methyl sites for hydroxylation is 1. The molecule has 0 radical (unpaired) electrons. The number of methoxy groups -OCH3 is 1. The number of hydrogen-bond acceptors (Lipinski definition) is 4. The molecule has 154 valence electrons. The largest absolute Gasteiger partial charge is 0.494 e. The monoisotopic (exact) mass is 424 g/mol. The standard InChI is InChI=1S/C23H21ClN2O4/c1-14-5-3-4-6-17(14)19(13-21(27)28)26-23(29)18-11-12-20(30-2)22(25-18)15-7-9-16(24)10-8-15/h3-12,19H,13H2,1-2H3,(H,26,29)(H,27,28)/t19-/m0/s1. The number of carbonyl (C=O) groups excluding carboxylic acids is 1. The predicted octanol–water partition coefficient (Wildman–Crippen LogP) is 4.66. The summed E-state index contributed by atoms with van der Waals surface area (Å²) in [7, 11) is 1.53. The predicted molar refractivity (Wildman–Crippen MR) is 115 cm³/mol. The molecule has 0 spiro atoms. The van der Waals surface area contributed by atoms with Crippen molar-refractivity contribution in [2.45, 2.75) is 19.4 Å². The molecule has 3 rings (SSSR count). The van der Waals surface area contributed by atoms with E-state index < -0.39 is 17.9 Å². The van der Waals surface area contributed by atoms with E-state index in [4.69, 9.17) is 16.3 Å². The Hall–Kier alpha value is -3.38. The fourth-order valence-corrected chi connectivity index (χ4v) is 3.30. The Labute approximate surface area is 179 Å². The van der Waals surface area contributed by atoms with Gasteiger partial charge in [-0.3, -0.25) is 9.59 Å². The van der Waals surface area contributed by atoms with E-state index in [0.717, 1.165) is 16.7 Å². The summed E-state index contributed by atoms with van der Waals surface area (Å²) >= 11 is 5.96. The highest BCUT2D eigenvalue weighted by Gasteiger charge is 2.22. The molecule has 0 bridgehead atoms. The zero-order valence-electron chi connectivity index (χ0n) is 16.6. The number of aromatic nitrogens is 1. The maximum atomic E-state index is 12.9. The summed E-state index contributed by atoms with van der Waals surface area (Å²) in [5, 5.41) is 12.7. The normalized spacial score (nSPS) is 11.6. The van der Waals surface area contributed by atoms with Crippen LogP contribution in [0.2, 0.25) is 5.02 Å². The number of nitrogens with zero attached hydrogens (tertiary/aromatic N) is 1. The summed E-state index contributed by atoms with van der Waals surface area (Å²) in [4.78, 5) is 28.8. The van der Waals surface area contributed by atoms with Crippen LogP contribution >= 0.6 is 11.6 Å². The zero-order valence-corrected chi connectivity index (χ0v) is 17.3. The topological polar surface area (TPSA) is 88.5 Å². The first-order chi connectivity index (χ1) is 14.4. The average molecular weight is 425 g/mol. The van der Waals surface area contributed by atoms with Crippen molar-refractivity contribution in [1.82, 2.24) is 10.3 Å². The lowest BCUT2D eigenvalue weighted by Crippen LogP contribution is -2.31. The van der Waals surface area contributed by atoms with Gasteiger partial charge in [-0.15, -0.1) is 0 Å². The number of benzene rings is 2. The number of hydrogen-bond donors (Lipinski definition) is 2. The lowest BCUT2D eigenvalue weighted by Gasteiger charge is -2.19. The van der Waals surface area contributed by atoms with Gasteiger partial charge < -0.3 is 15.2 Å². The Bertz CT molecular complexity index is 1070. The summed E-state index contributed by atoms with van der Waals surface area (Å²) in [5.74, 6) is -0.967. The first-order valence-corrected chi connectivity index (χ1v) is 9.66. The Kier molecular flexibility index (Phi) is 6.69. The van der Waals surface area contributed by atoms with Crippen LogP contribution in [0.25, 0.3) is 11.3 Å². The van der Waals surface area contributed by atoms with Crippen molar-refractivity contribution in [3.05, 3.63) is 82.5 Å². The SMILES string of the molecule is COc1ccc(C(=O)N[C@@H](CC(=O)O)c2ccccc2C)nc1-c1ccc(Cl)cc1. The van der Waals surface area contributed by atoms with Crippen molar-refractivity contribution >= 4 is 23.5 Å². The molecule has 1 atom stereocenters. The van der Waals surface area contributed by atoms with E-state index in [-0.39, 0.29) is 12.1 Å². The number of pyridine rings is 1. The van der Waals surface area contributed by atoms with Gasteiger partial charge in [0.15, 0.2) is 0 Å². The third kappa shape index (κ3) is 4.96. The second-order valence-corrected chi connectivity index (χ2v) is 7.17. The van der Waals surface area contributed by atoms with Gasteiger partial charge in [0.05, 0.1) is 19.6 Å². The van der Waals surface area contributed by atoms with Crippen LogP contribution in [0, 0.1) is 6.92 Å². The average Bonchev–Trinajstić information content (AvgIpc) is 2.73. The molecular formula is C23H21ClN2O4. The van der Waals surface area contributed by atoms with E-state index in [0.29, 0.717) is 16.5 Å². The Morgan fingerprint density at radius 2 is 1.80 bits per heavy atom. The molecule has 1 heterocycles. The van der Waals surface area contributed by atoms with Crippen molar-refractivity contribution in [3.63, 3.8) is 0 Å². The van der Waals surface area contributed by atoms with Crippen molar-refractivity contribution < 1.29 is 19.4 Å². The molecule has 0 unspecified atom stereocenters. The Morgan fingerprint density at radius 1 is 1.10 bits per heavy atom. The van der Waals surface area contributed by atoms with Crippen molar-refractivity contribution in [1.29, 1.82) is 0 Å². The number of ether oxygens (including phenoxy) is 1. The molecule has 2 N–H and O–H groups in total. The fourth-order valence-electron chi connectivity index (χ4n) is 3.18. The van der Waals surface area contributed by atoms with Gasteiger partial charge in [-0.05, 0) is 42.3 Å². The zero-order chi connectivity index (χ0) is 21.7. The number of nitrogens with one attached hydrogen (secondary N) is 1. The van der Waals surface area contributed by atoms with E-state index >= 15 is 0 Å². The third-order valence-electron chi connectivity index (χ3n) is 4.68. The highest BCUT2D eigenvalue weighted by Crippen LogP contribution is 2.29. The van der Waals surface area contributed by atoms with Crippen LogP contribution in [-0.4, -0.2) is 29.1 Å². The number of carbonyl (C=O) groups is 2. The van der Waals surface area contributed by atoms with E-state index in [1.165, 1.54) is 7.11 Å². The summed E-state index contributed by atoms with van der Waals surface area (Å²) < 4.78 is 5.38. The van der Waals surface area contributed by atoms with E-state index in [9.17, 15) is 14.7 Å². The second-order valence-electron chi connectivity index (χ2n) is 6.73. The van der Waals surface area contributed by atoms with Crippen LogP contribution in [0.3, 0.4) is 0 Å². The molecular weight excluding hydrogens is 404 g/mol. The number of rotatable bonds is 7. The molecule has 0 fully saturated rings. The number of amides is 1. The molecule has 0 aliphatic carbocycles. The minimum absolute atomic E-state index is 0.157. The van der Waals surface area contributed by atoms with Crippen molar-refractivity contribution in [2.24, 2.45) is 0 Å². The second kappa shape index (κ2) is 9.41. The van der Waals surface area contributed by atoms with Crippen LogP contribution < -0.4 is 10.1 Å². The van der Waals surface area contributed by atoms with Crippen LogP contribution in [-0.2, 0) is 4.79 Å². The van der Waals surface area contributed by atoms with Gasteiger partial charge in [0.1, 0.15) is 17.1 Å². The number of aliphatic carboxylic acids is 1. The minimum Gasteiger partial charge on any atom is -0.494 e. The summed E-state index contributed by atoms with van der Waals surface area (Å²) in [6.45, 7) is 1.88. The third-order valence-corrected chi connectivity index (χ3v) is 4.93. The number of carboxylic acids is 1. The maximum Gasteiger partial charge on any atom is 0.305 e. The number of carboxylic acid groups (broad SMARTS) is 1. The highest BCUT2D eigenvalue weighted by atomic mass is 35.5. The molecule has 30 heavy (non-hydrogen) atoms. The quantitative estimate of drug-likeness (QED) is 0.575. The van der Waals surface area contributed by atoms with Gasteiger partial charge in [0, 0.05) is 10.6 Å². The molecule has 1 aromatic heterocycles. The van der Waals surface area contributed by atoms with Crippen molar-refractivity contribution in [3.8, 4) is 17.0 Å². The molecule has 6 nitrogen and oxygen atoms in total. The van der Waals surface area contributed by atoms with Gasteiger partial charge in [-0.25, -0.2) is 4.98 Å². The first kappa shape index (κ1) is 21.3. The van der Waals surface area contributed by atoms with E-state index in [2.05, 4.69) is 10.3 Å².